The second-order valence-corrected chi connectivity index (χ2v) is 4.32. The van der Waals surface area contributed by atoms with Crippen molar-refractivity contribution in [2.45, 2.75) is 6.54 Å². The maximum Gasteiger partial charge on any atom is 0.246 e. The quantitative estimate of drug-likeness (QED) is 0.768. The molecule has 2 aromatic heterocycles. The molecule has 0 amide bonds. The molecule has 4 nitrogen and oxygen atoms in total. The lowest BCUT2D eigenvalue weighted by atomic mass is 10.2. The minimum atomic E-state index is 0.469. The molecule has 0 saturated heterocycles. The van der Waals surface area contributed by atoms with Gasteiger partial charge in [-0.1, -0.05) is 17.7 Å². The monoisotopic (exact) mass is 259 g/mol. The Hall–Kier alpha value is -1.91. The van der Waals surface area contributed by atoms with Crippen molar-refractivity contribution in [3.05, 3.63) is 47.1 Å². The molecule has 0 unspecified atom stereocenters. The molecule has 0 atom stereocenters. The molecular weight excluding hydrogens is 250 g/mol. The largest absolute Gasteiger partial charge is 0.435 e. The Bertz CT molecular complexity index is 691. The highest BCUT2D eigenvalue weighted by Crippen LogP contribution is 2.25. The number of nitrogens with two attached hydrogens (primary N) is 1. The highest BCUT2D eigenvalue weighted by atomic mass is 35.5. The molecule has 2 N–H and O–H groups in total. The normalized spacial score (nSPS) is 11.0. The summed E-state index contributed by atoms with van der Waals surface area (Å²) in [6.07, 6.45) is 1.72. The van der Waals surface area contributed by atoms with Crippen LogP contribution in [0.15, 0.2) is 40.9 Å². The molecule has 90 valence electrons. The molecule has 2 heterocycles. The molecule has 0 aliphatic rings. The van der Waals surface area contributed by atoms with Gasteiger partial charge in [0.15, 0.2) is 5.58 Å². The maximum atomic E-state index is 5.90. The van der Waals surface area contributed by atoms with Gasteiger partial charge in [0.05, 0.1) is 0 Å². The summed E-state index contributed by atoms with van der Waals surface area (Å²) in [4.78, 5) is 8.63. The van der Waals surface area contributed by atoms with Crippen LogP contribution in [-0.4, -0.2) is 9.97 Å². The van der Waals surface area contributed by atoms with E-state index < -0.39 is 0 Å². The van der Waals surface area contributed by atoms with E-state index in [1.54, 1.807) is 18.3 Å². The summed E-state index contributed by atoms with van der Waals surface area (Å²) in [6, 6.07) is 9.08. The number of oxazole rings is 1. The SMILES string of the molecule is NCc1ccc(-c2nc3ccc(Cl)cc3o2)nc1. The summed E-state index contributed by atoms with van der Waals surface area (Å²) < 4.78 is 5.62. The molecule has 3 aromatic rings. The van der Waals surface area contributed by atoms with E-state index in [2.05, 4.69) is 9.97 Å². The molecule has 0 fully saturated rings. The average Bonchev–Trinajstić information content (AvgIpc) is 2.81. The molecule has 18 heavy (non-hydrogen) atoms. The first-order valence-corrected chi connectivity index (χ1v) is 5.85. The van der Waals surface area contributed by atoms with Gasteiger partial charge in [-0.25, -0.2) is 4.98 Å². The lowest BCUT2D eigenvalue weighted by molar-refractivity contribution is 0.616. The summed E-state index contributed by atoms with van der Waals surface area (Å²) in [6.45, 7) is 0.469. The summed E-state index contributed by atoms with van der Waals surface area (Å²) in [5.41, 5.74) is 8.59. The standard InChI is InChI=1S/C13H10ClN3O/c14-9-2-4-10-12(5-9)18-13(17-10)11-3-1-8(6-15)7-16-11/h1-5,7H,6,15H2. The van der Waals surface area contributed by atoms with Crippen LogP contribution in [0.5, 0.6) is 0 Å². The Balaban J connectivity index is 2.07. The average molecular weight is 260 g/mol. The number of pyridine rings is 1. The van der Waals surface area contributed by atoms with Gasteiger partial charge in [0.1, 0.15) is 11.2 Å². The molecule has 0 radical (unpaired) electrons. The van der Waals surface area contributed by atoms with Gasteiger partial charge >= 0.3 is 0 Å². The molecule has 0 aliphatic heterocycles. The Labute approximate surface area is 108 Å². The molecule has 0 saturated carbocycles. The van der Waals surface area contributed by atoms with E-state index >= 15 is 0 Å². The zero-order chi connectivity index (χ0) is 12.5. The Morgan fingerprint density at radius 3 is 2.83 bits per heavy atom. The van der Waals surface area contributed by atoms with Crippen molar-refractivity contribution in [1.29, 1.82) is 0 Å². The van der Waals surface area contributed by atoms with Gasteiger partial charge in [-0.2, -0.15) is 0 Å². The lowest BCUT2D eigenvalue weighted by Crippen LogP contribution is -1.96. The van der Waals surface area contributed by atoms with Crippen molar-refractivity contribution in [2.24, 2.45) is 5.73 Å². The van der Waals surface area contributed by atoms with Crippen LogP contribution < -0.4 is 5.73 Å². The van der Waals surface area contributed by atoms with Gasteiger partial charge in [0.2, 0.25) is 5.89 Å². The first-order chi connectivity index (χ1) is 8.76. The maximum absolute atomic E-state index is 5.90. The van der Waals surface area contributed by atoms with Gasteiger partial charge in [-0.15, -0.1) is 0 Å². The fourth-order valence-corrected chi connectivity index (χ4v) is 1.84. The highest BCUT2D eigenvalue weighted by molar-refractivity contribution is 6.31. The Morgan fingerprint density at radius 1 is 1.22 bits per heavy atom. The van der Waals surface area contributed by atoms with E-state index in [0.29, 0.717) is 28.7 Å². The third kappa shape index (κ3) is 1.96. The van der Waals surface area contributed by atoms with Crippen LogP contribution in [-0.2, 0) is 6.54 Å². The topological polar surface area (TPSA) is 64.9 Å². The van der Waals surface area contributed by atoms with E-state index in [1.165, 1.54) is 0 Å². The molecule has 3 rings (SSSR count). The van der Waals surface area contributed by atoms with Crippen molar-refractivity contribution in [3.8, 4) is 11.6 Å². The molecule has 0 bridgehead atoms. The Kier molecular flexibility index (Phi) is 2.74. The number of halogens is 1. The fraction of sp³-hybridized carbons (Fsp3) is 0.0769. The molecule has 0 aliphatic carbocycles. The lowest BCUT2D eigenvalue weighted by Gasteiger charge is -1.96. The summed E-state index contributed by atoms with van der Waals surface area (Å²) in [7, 11) is 0. The minimum absolute atomic E-state index is 0.469. The summed E-state index contributed by atoms with van der Waals surface area (Å²) in [5, 5.41) is 0.622. The van der Waals surface area contributed by atoms with Crippen LogP contribution in [0.3, 0.4) is 0 Å². The number of rotatable bonds is 2. The van der Waals surface area contributed by atoms with E-state index in [0.717, 1.165) is 11.1 Å². The number of aromatic nitrogens is 2. The van der Waals surface area contributed by atoms with Crippen molar-refractivity contribution in [2.75, 3.05) is 0 Å². The van der Waals surface area contributed by atoms with Crippen LogP contribution in [0.4, 0.5) is 0 Å². The predicted octanol–water partition coefficient (Wildman–Crippen LogP) is 3.00. The summed E-state index contributed by atoms with van der Waals surface area (Å²) >= 11 is 5.90. The second-order valence-electron chi connectivity index (χ2n) is 3.89. The molecule has 0 spiro atoms. The number of hydrogen-bond donors (Lipinski definition) is 1. The van der Waals surface area contributed by atoms with Crippen molar-refractivity contribution in [1.82, 2.24) is 9.97 Å². The number of nitrogens with zero attached hydrogens (tertiary/aromatic N) is 2. The molecule has 1 aromatic carbocycles. The zero-order valence-corrected chi connectivity index (χ0v) is 10.2. The van der Waals surface area contributed by atoms with Crippen LogP contribution in [0.25, 0.3) is 22.7 Å². The fourth-order valence-electron chi connectivity index (χ4n) is 1.68. The first kappa shape index (κ1) is 11.2. The van der Waals surface area contributed by atoms with E-state index in [-0.39, 0.29) is 0 Å². The van der Waals surface area contributed by atoms with Gasteiger partial charge in [0, 0.05) is 23.8 Å². The van der Waals surface area contributed by atoms with Gasteiger partial charge in [-0.05, 0) is 23.8 Å². The minimum Gasteiger partial charge on any atom is -0.435 e. The van der Waals surface area contributed by atoms with Crippen molar-refractivity contribution < 1.29 is 4.42 Å². The van der Waals surface area contributed by atoms with Gasteiger partial charge in [0.25, 0.3) is 0 Å². The number of fused-ring (bicyclic) bond motifs is 1. The number of benzene rings is 1. The van der Waals surface area contributed by atoms with Crippen molar-refractivity contribution in [3.63, 3.8) is 0 Å². The van der Waals surface area contributed by atoms with E-state index in [4.69, 9.17) is 21.8 Å². The van der Waals surface area contributed by atoms with Crippen molar-refractivity contribution >= 4 is 22.7 Å². The number of hydrogen-bond acceptors (Lipinski definition) is 4. The van der Waals surface area contributed by atoms with E-state index in [9.17, 15) is 0 Å². The zero-order valence-electron chi connectivity index (χ0n) is 9.43. The van der Waals surface area contributed by atoms with Gasteiger partial charge < -0.3 is 10.2 Å². The second kappa shape index (κ2) is 4.40. The predicted molar refractivity (Wildman–Crippen MR) is 70.1 cm³/mol. The smallest absolute Gasteiger partial charge is 0.246 e. The summed E-state index contributed by atoms with van der Waals surface area (Å²) in [5.74, 6) is 0.482. The molecule has 5 heteroatoms. The third-order valence-corrected chi connectivity index (χ3v) is 2.87. The van der Waals surface area contributed by atoms with Crippen LogP contribution >= 0.6 is 11.6 Å². The van der Waals surface area contributed by atoms with Gasteiger partial charge in [-0.3, -0.25) is 4.98 Å². The molecular formula is C13H10ClN3O. The first-order valence-electron chi connectivity index (χ1n) is 5.48. The highest BCUT2D eigenvalue weighted by Gasteiger charge is 2.09. The van der Waals surface area contributed by atoms with E-state index in [1.807, 2.05) is 18.2 Å². The van der Waals surface area contributed by atoms with Crippen LogP contribution in [0, 0.1) is 0 Å². The van der Waals surface area contributed by atoms with Crippen LogP contribution in [0.1, 0.15) is 5.56 Å². The third-order valence-electron chi connectivity index (χ3n) is 2.63. The Morgan fingerprint density at radius 2 is 2.11 bits per heavy atom. The van der Waals surface area contributed by atoms with Crippen LogP contribution in [0.2, 0.25) is 5.02 Å².